The summed E-state index contributed by atoms with van der Waals surface area (Å²) in [6.07, 6.45) is 0. The number of amides is 1. The number of rotatable bonds is 6. The van der Waals surface area contributed by atoms with Crippen LogP contribution in [-0.4, -0.2) is 37.6 Å². The molecular weight excluding hydrogens is 308 g/mol. The summed E-state index contributed by atoms with van der Waals surface area (Å²) in [6.45, 7) is 5.97. The lowest BCUT2D eigenvalue weighted by atomic mass is 10.1. The van der Waals surface area contributed by atoms with Crippen molar-refractivity contribution in [3.05, 3.63) is 28.2 Å². The highest BCUT2D eigenvalue weighted by molar-refractivity contribution is 9.10. The van der Waals surface area contributed by atoms with E-state index in [1.165, 1.54) is 0 Å². The van der Waals surface area contributed by atoms with Gasteiger partial charge in [0.05, 0.1) is 16.6 Å². The first-order valence-corrected chi connectivity index (χ1v) is 7.08. The summed E-state index contributed by atoms with van der Waals surface area (Å²) in [5, 5.41) is 0. The molecule has 0 aliphatic carbocycles. The Balaban J connectivity index is 2.94. The van der Waals surface area contributed by atoms with E-state index < -0.39 is 0 Å². The highest BCUT2D eigenvalue weighted by atomic mass is 79.9. The van der Waals surface area contributed by atoms with Crippen LogP contribution in [0.2, 0.25) is 0 Å². The largest absolute Gasteiger partial charge is 0.398 e. The van der Waals surface area contributed by atoms with Gasteiger partial charge in [-0.15, -0.1) is 0 Å². The number of hydrogen-bond acceptors (Lipinski definition) is 3. The molecule has 0 saturated heterocycles. The molecule has 0 unspecified atom stereocenters. The molecule has 0 saturated carbocycles. The summed E-state index contributed by atoms with van der Waals surface area (Å²) in [5.74, 6) is 0.380. The van der Waals surface area contributed by atoms with Crippen LogP contribution in [0.25, 0.3) is 0 Å². The third kappa shape index (κ3) is 4.51. The van der Waals surface area contributed by atoms with Gasteiger partial charge in [0.15, 0.2) is 0 Å². The predicted molar refractivity (Wildman–Crippen MR) is 81.2 cm³/mol. The molecule has 5 heteroatoms. The highest BCUT2D eigenvalue weighted by Crippen LogP contribution is 2.25. The smallest absolute Gasteiger partial charge is 0.255 e. The zero-order chi connectivity index (χ0) is 14.4. The van der Waals surface area contributed by atoms with Crippen LogP contribution in [0.3, 0.4) is 0 Å². The lowest BCUT2D eigenvalue weighted by Crippen LogP contribution is -2.37. The van der Waals surface area contributed by atoms with Crippen LogP contribution in [0.5, 0.6) is 0 Å². The molecule has 0 fully saturated rings. The van der Waals surface area contributed by atoms with Gasteiger partial charge in [0.2, 0.25) is 0 Å². The maximum Gasteiger partial charge on any atom is 0.255 e. The van der Waals surface area contributed by atoms with Gasteiger partial charge in [-0.1, -0.05) is 19.9 Å². The van der Waals surface area contributed by atoms with Gasteiger partial charge in [-0.25, -0.2) is 0 Å². The minimum Gasteiger partial charge on any atom is -0.398 e. The number of anilines is 1. The molecular formula is C14H21BrN2O2. The fraction of sp³-hybridized carbons (Fsp3) is 0.500. The van der Waals surface area contributed by atoms with Gasteiger partial charge in [-0.2, -0.15) is 0 Å². The van der Waals surface area contributed by atoms with Crippen molar-refractivity contribution in [1.82, 2.24) is 4.90 Å². The number of methoxy groups -OCH3 is 1. The van der Waals surface area contributed by atoms with Crippen molar-refractivity contribution in [3.63, 3.8) is 0 Å². The number of benzene rings is 1. The Morgan fingerprint density at radius 1 is 1.47 bits per heavy atom. The summed E-state index contributed by atoms with van der Waals surface area (Å²) in [5.41, 5.74) is 6.98. The molecule has 0 radical (unpaired) electrons. The van der Waals surface area contributed by atoms with E-state index in [1.54, 1.807) is 30.2 Å². The molecule has 0 aliphatic heterocycles. The first kappa shape index (κ1) is 16.0. The van der Waals surface area contributed by atoms with Gasteiger partial charge in [0.1, 0.15) is 0 Å². The Morgan fingerprint density at radius 2 is 2.16 bits per heavy atom. The molecule has 1 aromatic rings. The number of carbonyl (C=O) groups is 1. The second-order valence-corrected chi connectivity index (χ2v) is 5.64. The molecule has 0 heterocycles. The van der Waals surface area contributed by atoms with Crippen molar-refractivity contribution in [3.8, 4) is 0 Å². The zero-order valence-corrected chi connectivity index (χ0v) is 13.2. The monoisotopic (exact) mass is 328 g/mol. The van der Waals surface area contributed by atoms with E-state index in [0.29, 0.717) is 41.3 Å². The van der Waals surface area contributed by atoms with Gasteiger partial charge in [-0.05, 0) is 34.0 Å². The van der Waals surface area contributed by atoms with Crippen molar-refractivity contribution in [2.45, 2.75) is 13.8 Å². The van der Waals surface area contributed by atoms with Crippen molar-refractivity contribution in [1.29, 1.82) is 0 Å². The lowest BCUT2D eigenvalue weighted by molar-refractivity contribution is 0.0671. The number of halogens is 1. The molecule has 1 aromatic carbocycles. The average molecular weight is 329 g/mol. The number of nitrogen functional groups attached to an aromatic ring is 1. The average Bonchev–Trinajstić information content (AvgIpc) is 2.36. The molecule has 0 aromatic heterocycles. The second-order valence-electron chi connectivity index (χ2n) is 4.85. The van der Waals surface area contributed by atoms with E-state index in [9.17, 15) is 4.79 Å². The fourth-order valence-corrected chi connectivity index (χ4v) is 2.24. The Kier molecular flexibility index (Phi) is 6.31. The van der Waals surface area contributed by atoms with E-state index in [4.69, 9.17) is 10.5 Å². The molecule has 0 atom stereocenters. The van der Waals surface area contributed by atoms with Gasteiger partial charge < -0.3 is 15.4 Å². The second kappa shape index (κ2) is 7.50. The van der Waals surface area contributed by atoms with E-state index in [-0.39, 0.29) is 5.91 Å². The van der Waals surface area contributed by atoms with Crippen LogP contribution in [0.4, 0.5) is 5.69 Å². The minimum atomic E-state index is -0.0232. The van der Waals surface area contributed by atoms with E-state index in [0.717, 1.165) is 0 Å². The Morgan fingerprint density at radius 3 is 2.74 bits per heavy atom. The Bertz CT molecular complexity index is 435. The van der Waals surface area contributed by atoms with Crippen LogP contribution in [0.15, 0.2) is 22.7 Å². The molecule has 0 aliphatic rings. The van der Waals surface area contributed by atoms with Crippen molar-refractivity contribution >= 4 is 27.5 Å². The number of carbonyl (C=O) groups excluding carboxylic acids is 1. The standard InChI is InChI=1S/C14H21BrN2O2/c1-10(2)9-17(7-8-19-3)14(18)11-5-4-6-12(16)13(11)15/h4-6,10H,7-9,16H2,1-3H3. The minimum absolute atomic E-state index is 0.0232. The Hall–Kier alpha value is -1.07. The quantitative estimate of drug-likeness (QED) is 0.817. The van der Waals surface area contributed by atoms with Crippen molar-refractivity contribution in [2.24, 2.45) is 5.92 Å². The van der Waals surface area contributed by atoms with Crippen LogP contribution < -0.4 is 5.73 Å². The molecule has 2 N–H and O–H groups in total. The molecule has 0 spiro atoms. The Labute approximate surface area is 123 Å². The summed E-state index contributed by atoms with van der Waals surface area (Å²) < 4.78 is 5.72. The van der Waals surface area contributed by atoms with Crippen LogP contribution in [0.1, 0.15) is 24.2 Å². The van der Waals surface area contributed by atoms with E-state index in [1.807, 2.05) is 0 Å². The molecule has 1 rings (SSSR count). The summed E-state index contributed by atoms with van der Waals surface area (Å²) in [6, 6.07) is 5.34. The third-order valence-electron chi connectivity index (χ3n) is 2.70. The zero-order valence-electron chi connectivity index (χ0n) is 11.6. The van der Waals surface area contributed by atoms with Gasteiger partial charge >= 0.3 is 0 Å². The highest BCUT2D eigenvalue weighted by Gasteiger charge is 2.19. The topological polar surface area (TPSA) is 55.6 Å². The molecule has 1 amide bonds. The van der Waals surface area contributed by atoms with Crippen LogP contribution in [-0.2, 0) is 4.74 Å². The number of ether oxygens (including phenoxy) is 1. The number of hydrogen-bond donors (Lipinski definition) is 1. The normalized spacial score (nSPS) is 10.8. The summed E-state index contributed by atoms with van der Waals surface area (Å²) in [4.78, 5) is 14.3. The summed E-state index contributed by atoms with van der Waals surface area (Å²) >= 11 is 3.38. The third-order valence-corrected chi connectivity index (χ3v) is 3.58. The van der Waals surface area contributed by atoms with Crippen molar-refractivity contribution in [2.75, 3.05) is 32.5 Å². The SMILES string of the molecule is COCCN(CC(C)C)C(=O)c1cccc(N)c1Br. The first-order chi connectivity index (χ1) is 8.97. The predicted octanol–water partition coefficient (Wildman–Crippen LogP) is 2.78. The van der Waals surface area contributed by atoms with Crippen LogP contribution in [0, 0.1) is 5.92 Å². The van der Waals surface area contributed by atoms with E-state index >= 15 is 0 Å². The molecule has 4 nitrogen and oxygen atoms in total. The molecule has 19 heavy (non-hydrogen) atoms. The fourth-order valence-electron chi connectivity index (χ4n) is 1.80. The maximum absolute atomic E-state index is 12.5. The molecule has 106 valence electrons. The van der Waals surface area contributed by atoms with Crippen molar-refractivity contribution < 1.29 is 9.53 Å². The first-order valence-electron chi connectivity index (χ1n) is 6.29. The van der Waals surface area contributed by atoms with Gasteiger partial charge in [-0.3, -0.25) is 4.79 Å². The van der Waals surface area contributed by atoms with E-state index in [2.05, 4.69) is 29.8 Å². The van der Waals surface area contributed by atoms with Crippen LogP contribution >= 0.6 is 15.9 Å². The number of nitrogens with two attached hydrogens (primary N) is 1. The number of nitrogens with zero attached hydrogens (tertiary/aromatic N) is 1. The molecule has 0 bridgehead atoms. The summed E-state index contributed by atoms with van der Waals surface area (Å²) in [7, 11) is 1.63. The van der Waals surface area contributed by atoms with Gasteiger partial charge in [0.25, 0.3) is 5.91 Å². The maximum atomic E-state index is 12.5. The van der Waals surface area contributed by atoms with Gasteiger partial charge in [0, 0.05) is 25.9 Å². The lowest BCUT2D eigenvalue weighted by Gasteiger charge is -2.25.